The fourth-order valence-electron chi connectivity index (χ4n) is 2.48. The fraction of sp³-hybridized carbons (Fsp3) is 0.923. The molecule has 16 heavy (non-hydrogen) atoms. The average Bonchev–Trinajstić information content (AvgIpc) is 2.28. The van der Waals surface area contributed by atoms with Crippen LogP contribution in [0.1, 0.15) is 32.6 Å². The quantitative estimate of drug-likeness (QED) is 0.713. The Hall–Kier alpha value is -0.590. The van der Waals surface area contributed by atoms with Crippen molar-refractivity contribution in [3.05, 3.63) is 0 Å². The highest BCUT2D eigenvalue weighted by Gasteiger charge is 2.19. The maximum absolute atomic E-state index is 8.76. The van der Waals surface area contributed by atoms with E-state index in [1.807, 2.05) is 6.92 Å². The van der Waals surface area contributed by atoms with Crippen molar-refractivity contribution in [2.45, 2.75) is 38.6 Å². The van der Waals surface area contributed by atoms with Crippen molar-refractivity contribution in [1.29, 1.82) is 5.26 Å². The van der Waals surface area contributed by atoms with Crippen LogP contribution in [0, 0.1) is 17.2 Å². The fourth-order valence-corrected chi connectivity index (χ4v) is 2.48. The summed E-state index contributed by atoms with van der Waals surface area (Å²) in [4.78, 5) is 4.78. The van der Waals surface area contributed by atoms with Crippen LogP contribution in [0.5, 0.6) is 0 Å². The molecule has 2 unspecified atom stereocenters. The molecule has 0 aliphatic carbocycles. The highest BCUT2D eigenvalue weighted by molar-refractivity contribution is 4.81. The van der Waals surface area contributed by atoms with Crippen LogP contribution < -0.4 is 0 Å². The van der Waals surface area contributed by atoms with Gasteiger partial charge in [-0.1, -0.05) is 6.42 Å². The Labute approximate surface area is 100 Å². The van der Waals surface area contributed by atoms with Crippen LogP contribution in [0.4, 0.5) is 0 Å². The summed E-state index contributed by atoms with van der Waals surface area (Å²) in [6.07, 6.45) is 5.32. The minimum Gasteiger partial charge on any atom is -0.305 e. The lowest BCUT2D eigenvalue weighted by Gasteiger charge is -2.33. The molecule has 1 fully saturated rings. The molecule has 0 aromatic rings. The van der Waals surface area contributed by atoms with Gasteiger partial charge in [-0.25, -0.2) is 0 Å². The van der Waals surface area contributed by atoms with E-state index >= 15 is 0 Å². The molecule has 1 saturated heterocycles. The number of nitrogens with zero attached hydrogens (tertiary/aromatic N) is 3. The molecule has 0 aromatic carbocycles. The SMILES string of the molecule is CC(C#N)CN(C)CCC1CCCCN1C. The number of nitriles is 1. The second-order valence-electron chi connectivity index (χ2n) is 5.21. The predicted octanol–water partition coefficient (Wildman–Crippen LogP) is 1.95. The molecule has 0 bridgehead atoms. The summed E-state index contributed by atoms with van der Waals surface area (Å²) in [5.41, 5.74) is 0. The van der Waals surface area contributed by atoms with Gasteiger partial charge in [0.25, 0.3) is 0 Å². The van der Waals surface area contributed by atoms with Crippen molar-refractivity contribution < 1.29 is 0 Å². The van der Waals surface area contributed by atoms with E-state index in [4.69, 9.17) is 5.26 Å². The summed E-state index contributed by atoms with van der Waals surface area (Å²) in [5.74, 6) is 0.147. The summed E-state index contributed by atoms with van der Waals surface area (Å²) >= 11 is 0. The minimum atomic E-state index is 0.147. The van der Waals surface area contributed by atoms with Crippen molar-refractivity contribution >= 4 is 0 Å². The molecule has 0 aromatic heterocycles. The molecule has 0 radical (unpaired) electrons. The summed E-state index contributed by atoms with van der Waals surface area (Å²) in [7, 11) is 4.36. The number of hydrogen-bond acceptors (Lipinski definition) is 3. The molecule has 0 N–H and O–H groups in total. The highest BCUT2D eigenvalue weighted by atomic mass is 15.1. The van der Waals surface area contributed by atoms with Gasteiger partial charge in [0, 0.05) is 12.6 Å². The van der Waals surface area contributed by atoms with Crippen LogP contribution in [-0.4, -0.2) is 49.6 Å². The zero-order valence-electron chi connectivity index (χ0n) is 10.9. The third kappa shape index (κ3) is 4.51. The first kappa shape index (κ1) is 13.5. The smallest absolute Gasteiger partial charge is 0.0666 e. The van der Waals surface area contributed by atoms with E-state index in [9.17, 15) is 0 Å². The maximum Gasteiger partial charge on any atom is 0.0666 e. The molecule has 1 heterocycles. The lowest BCUT2D eigenvalue weighted by Crippen LogP contribution is -2.38. The number of likely N-dealkylation sites (tertiary alicyclic amines) is 1. The molecule has 92 valence electrons. The van der Waals surface area contributed by atoms with E-state index in [-0.39, 0.29) is 5.92 Å². The molecular formula is C13H25N3. The van der Waals surface area contributed by atoms with Gasteiger partial charge >= 0.3 is 0 Å². The molecule has 1 aliphatic rings. The van der Waals surface area contributed by atoms with E-state index in [2.05, 4.69) is 30.0 Å². The second kappa shape index (κ2) is 6.88. The van der Waals surface area contributed by atoms with Gasteiger partial charge in [0.2, 0.25) is 0 Å². The number of piperidine rings is 1. The number of rotatable bonds is 5. The zero-order valence-corrected chi connectivity index (χ0v) is 10.9. The van der Waals surface area contributed by atoms with Gasteiger partial charge in [0.15, 0.2) is 0 Å². The van der Waals surface area contributed by atoms with Crippen molar-refractivity contribution in [2.24, 2.45) is 5.92 Å². The highest BCUT2D eigenvalue weighted by Crippen LogP contribution is 2.17. The molecule has 0 saturated carbocycles. The molecule has 3 nitrogen and oxygen atoms in total. The Kier molecular flexibility index (Phi) is 5.79. The number of hydrogen-bond donors (Lipinski definition) is 0. The Bertz CT molecular complexity index is 234. The molecule has 0 amide bonds. The van der Waals surface area contributed by atoms with Crippen molar-refractivity contribution in [2.75, 3.05) is 33.7 Å². The Balaban J connectivity index is 2.20. The van der Waals surface area contributed by atoms with E-state index in [1.165, 1.54) is 32.2 Å². The van der Waals surface area contributed by atoms with Crippen LogP contribution in [0.2, 0.25) is 0 Å². The van der Waals surface area contributed by atoms with Crippen molar-refractivity contribution in [1.82, 2.24) is 9.80 Å². The molecule has 1 rings (SSSR count). The molecule has 0 spiro atoms. The van der Waals surface area contributed by atoms with Gasteiger partial charge in [-0.15, -0.1) is 0 Å². The first-order valence-corrected chi connectivity index (χ1v) is 6.42. The van der Waals surface area contributed by atoms with Crippen LogP contribution in [0.25, 0.3) is 0 Å². The average molecular weight is 223 g/mol. The summed E-state index contributed by atoms with van der Waals surface area (Å²) < 4.78 is 0. The lowest BCUT2D eigenvalue weighted by atomic mass is 10.00. The van der Waals surface area contributed by atoms with E-state index in [0.29, 0.717) is 0 Å². The first-order chi connectivity index (χ1) is 7.63. The van der Waals surface area contributed by atoms with Gasteiger partial charge in [0.1, 0.15) is 0 Å². The third-order valence-electron chi connectivity index (χ3n) is 3.57. The first-order valence-electron chi connectivity index (χ1n) is 6.42. The summed E-state index contributed by atoms with van der Waals surface area (Å²) in [6.45, 7) is 5.25. The van der Waals surface area contributed by atoms with Crippen LogP contribution in [0.3, 0.4) is 0 Å². The van der Waals surface area contributed by atoms with E-state index in [0.717, 1.165) is 19.1 Å². The zero-order chi connectivity index (χ0) is 12.0. The third-order valence-corrected chi connectivity index (χ3v) is 3.57. The Morgan fingerprint density at radius 1 is 1.50 bits per heavy atom. The minimum absolute atomic E-state index is 0.147. The Morgan fingerprint density at radius 3 is 2.88 bits per heavy atom. The standard InChI is InChI=1S/C13H25N3/c1-12(10-14)11-15(2)9-7-13-6-4-5-8-16(13)3/h12-13H,4-9,11H2,1-3H3. The molecule has 3 heteroatoms. The van der Waals surface area contributed by atoms with Gasteiger partial charge in [-0.2, -0.15) is 5.26 Å². The predicted molar refractivity (Wildman–Crippen MR) is 67.2 cm³/mol. The summed E-state index contributed by atoms with van der Waals surface area (Å²) in [6, 6.07) is 3.05. The van der Waals surface area contributed by atoms with E-state index < -0.39 is 0 Å². The largest absolute Gasteiger partial charge is 0.305 e. The van der Waals surface area contributed by atoms with Gasteiger partial charge < -0.3 is 9.80 Å². The topological polar surface area (TPSA) is 30.3 Å². The normalized spacial score (nSPS) is 24.3. The maximum atomic E-state index is 8.76. The molecule has 1 aliphatic heterocycles. The Morgan fingerprint density at radius 2 is 2.25 bits per heavy atom. The van der Waals surface area contributed by atoms with Crippen LogP contribution in [-0.2, 0) is 0 Å². The van der Waals surface area contributed by atoms with Crippen molar-refractivity contribution in [3.63, 3.8) is 0 Å². The van der Waals surface area contributed by atoms with Crippen LogP contribution in [0.15, 0.2) is 0 Å². The van der Waals surface area contributed by atoms with Gasteiger partial charge in [-0.3, -0.25) is 0 Å². The monoisotopic (exact) mass is 223 g/mol. The van der Waals surface area contributed by atoms with Gasteiger partial charge in [0.05, 0.1) is 12.0 Å². The lowest BCUT2D eigenvalue weighted by molar-refractivity contribution is 0.159. The molecular weight excluding hydrogens is 198 g/mol. The molecule has 2 atom stereocenters. The van der Waals surface area contributed by atoms with Crippen LogP contribution >= 0.6 is 0 Å². The van der Waals surface area contributed by atoms with E-state index in [1.54, 1.807) is 0 Å². The van der Waals surface area contributed by atoms with Gasteiger partial charge in [-0.05, 0) is 53.4 Å². The van der Waals surface area contributed by atoms with Crippen molar-refractivity contribution in [3.8, 4) is 6.07 Å². The second-order valence-corrected chi connectivity index (χ2v) is 5.21. The summed E-state index contributed by atoms with van der Waals surface area (Å²) in [5, 5.41) is 8.76.